The number of ether oxygens (including phenoxy) is 1. The molecule has 1 N–H and O–H groups in total. The van der Waals surface area contributed by atoms with Crippen molar-refractivity contribution < 1.29 is 18.7 Å². The number of aromatic nitrogens is 4. The van der Waals surface area contributed by atoms with Crippen molar-refractivity contribution in [2.24, 2.45) is 0 Å². The maximum Gasteiger partial charge on any atom is 0.355 e. The van der Waals surface area contributed by atoms with Crippen LogP contribution in [0.1, 0.15) is 27.5 Å². The molecule has 0 amide bonds. The molecule has 29 heavy (non-hydrogen) atoms. The lowest BCUT2D eigenvalue weighted by Gasteiger charge is -2.28. The number of aryl methyl sites for hydroxylation is 1. The summed E-state index contributed by atoms with van der Waals surface area (Å²) in [5.74, 6) is -1.39. The molecule has 2 heterocycles. The maximum atomic E-state index is 13.5. The number of benzene rings is 2. The molecule has 4 rings (SSSR count). The number of fused-ring (bicyclic) bond motifs is 1. The summed E-state index contributed by atoms with van der Waals surface area (Å²) in [6.07, 6.45) is 0. The van der Waals surface area contributed by atoms with E-state index in [4.69, 9.17) is 4.74 Å². The number of Topliss-reactive ketones (excluding diaryl/α,β-unsaturated/α-hetero) is 1. The third kappa shape index (κ3) is 3.27. The van der Waals surface area contributed by atoms with Crippen LogP contribution >= 0.6 is 0 Å². The van der Waals surface area contributed by atoms with Gasteiger partial charge in [0.25, 0.3) is 0 Å². The number of esters is 1. The van der Waals surface area contributed by atoms with Gasteiger partial charge in [-0.3, -0.25) is 4.79 Å². The van der Waals surface area contributed by atoms with Gasteiger partial charge < -0.3 is 10.1 Å². The highest BCUT2D eigenvalue weighted by Crippen LogP contribution is 2.36. The summed E-state index contributed by atoms with van der Waals surface area (Å²) in [7, 11) is 1.22. The minimum Gasteiger partial charge on any atom is -0.464 e. The Morgan fingerprint density at radius 1 is 1.10 bits per heavy atom. The van der Waals surface area contributed by atoms with Gasteiger partial charge in [0.05, 0.1) is 12.7 Å². The Hall–Kier alpha value is -3.88. The zero-order chi connectivity index (χ0) is 20.5. The number of nitrogens with zero attached hydrogens (tertiary/aromatic N) is 4. The van der Waals surface area contributed by atoms with Gasteiger partial charge in [0, 0.05) is 5.56 Å². The van der Waals surface area contributed by atoms with E-state index in [0.29, 0.717) is 11.1 Å². The van der Waals surface area contributed by atoms with Gasteiger partial charge in [-0.15, -0.1) is 0 Å². The lowest BCUT2D eigenvalue weighted by atomic mass is 9.89. The lowest BCUT2D eigenvalue weighted by molar-refractivity contribution is -0.136. The maximum absolute atomic E-state index is 13.5. The molecule has 9 heteroatoms. The van der Waals surface area contributed by atoms with E-state index in [1.165, 1.54) is 36.1 Å². The average molecular weight is 393 g/mol. The summed E-state index contributed by atoms with van der Waals surface area (Å²) < 4.78 is 19.7. The van der Waals surface area contributed by atoms with Gasteiger partial charge in [0.1, 0.15) is 17.6 Å². The minimum absolute atomic E-state index is 0.0605. The van der Waals surface area contributed by atoms with Gasteiger partial charge in [-0.25, -0.2) is 9.18 Å². The van der Waals surface area contributed by atoms with Crippen molar-refractivity contribution in [3.63, 3.8) is 0 Å². The van der Waals surface area contributed by atoms with Gasteiger partial charge in [0.15, 0.2) is 5.78 Å². The monoisotopic (exact) mass is 393 g/mol. The Morgan fingerprint density at radius 2 is 1.79 bits per heavy atom. The van der Waals surface area contributed by atoms with Crippen molar-refractivity contribution in [1.82, 2.24) is 20.2 Å². The van der Waals surface area contributed by atoms with Crippen molar-refractivity contribution in [2.45, 2.75) is 13.0 Å². The number of carbonyl (C=O) groups excluding carboxylic acids is 2. The number of hydrogen-bond donors (Lipinski definition) is 1. The van der Waals surface area contributed by atoms with Crippen LogP contribution in [-0.2, 0) is 9.53 Å². The molecule has 0 spiro atoms. The molecule has 0 radical (unpaired) electrons. The molecule has 1 aliphatic rings. The predicted octanol–water partition coefficient (Wildman–Crippen LogP) is 2.45. The van der Waals surface area contributed by atoms with E-state index in [9.17, 15) is 14.0 Å². The van der Waals surface area contributed by atoms with Gasteiger partial charge in [-0.05, 0) is 35.0 Å². The second-order valence-corrected chi connectivity index (χ2v) is 6.50. The van der Waals surface area contributed by atoms with Crippen molar-refractivity contribution in [3.05, 3.63) is 82.3 Å². The van der Waals surface area contributed by atoms with Crippen LogP contribution in [0.25, 0.3) is 0 Å². The fraction of sp³-hybridized carbons (Fsp3) is 0.150. The largest absolute Gasteiger partial charge is 0.464 e. The number of anilines is 1. The first-order chi connectivity index (χ1) is 14.0. The van der Waals surface area contributed by atoms with E-state index in [1.54, 1.807) is 24.3 Å². The minimum atomic E-state index is -0.843. The fourth-order valence-electron chi connectivity index (χ4n) is 3.20. The van der Waals surface area contributed by atoms with Crippen molar-refractivity contribution >= 4 is 17.7 Å². The van der Waals surface area contributed by atoms with E-state index in [0.717, 1.165) is 5.56 Å². The molecule has 0 saturated heterocycles. The Kier molecular flexibility index (Phi) is 4.63. The third-order valence-corrected chi connectivity index (χ3v) is 4.65. The summed E-state index contributed by atoms with van der Waals surface area (Å²) in [6, 6.07) is 11.7. The Labute approximate surface area is 165 Å². The molecule has 2 aromatic carbocycles. The number of tetrazole rings is 1. The van der Waals surface area contributed by atoms with E-state index in [-0.39, 0.29) is 17.2 Å². The second kappa shape index (κ2) is 7.27. The Balaban J connectivity index is 1.94. The highest BCUT2D eigenvalue weighted by atomic mass is 19.1. The summed E-state index contributed by atoms with van der Waals surface area (Å²) in [5, 5.41) is 14.2. The zero-order valence-electron chi connectivity index (χ0n) is 15.6. The van der Waals surface area contributed by atoms with Crippen LogP contribution in [0.15, 0.2) is 59.8 Å². The molecule has 1 aromatic heterocycles. The first-order valence-corrected chi connectivity index (χ1v) is 8.74. The summed E-state index contributed by atoms with van der Waals surface area (Å²) in [4.78, 5) is 26.0. The first kappa shape index (κ1) is 18.5. The fourth-order valence-corrected chi connectivity index (χ4v) is 3.20. The number of carbonyl (C=O) groups is 2. The van der Waals surface area contributed by atoms with Crippen molar-refractivity contribution in [1.29, 1.82) is 0 Å². The first-order valence-electron chi connectivity index (χ1n) is 8.74. The van der Waals surface area contributed by atoms with Gasteiger partial charge >= 0.3 is 5.97 Å². The topological polar surface area (TPSA) is 99.0 Å². The number of methoxy groups -OCH3 is 1. The van der Waals surface area contributed by atoms with Crippen molar-refractivity contribution in [3.8, 4) is 0 Å². The molecule has 3 aromatic rings. The molecule has 0 bridgehead atoms. The highest BCUT2D eigenvalue weighted by molar-refractivity contribution is 6.14. The number of ketones is 1. The predicted molar refractivity (Wildman–Crippen MR) is 101 cm³/mol. The summed E-state index contributed by atoms with van der Waals surface area (Å²) in [5.41, 5.74) is 1.96. The average Bonchev–Trinajstić information content (AvgIpc) is 3.21. The summed E-state index contributed by atoms with van der Waals surface area (Å²) in [6.45, 7) is 1.91. The third-order valence-electron chi connectivity index (χ3n) is 4.65. The molecule has 1 unspecified atom stereocenters. The number of rotatable bonds is 4. The standard InChI is InChI=1S/C20H16FN5O3/c1-11-3-5-13(6-4-11)18(27)15-16(19(28)29-2)22-20-23-24-25-26(20)17(15)12-7-9-14(21)10-8-12/h3-10,17H,1-2H3,(H,22,23,25). The Morgan fingerprint density at radius 3 is 2.45 bits per heavy atom. The van der Waals surface area contributed by atoms with Crippen molar-refractivity contribution in [2.75, 3.05) is 12.4 Å². The highest BCUT2D eigenvalue weighted by Gasteiger charge is 2.38. The van der Waals surface area contributed by atoms with Gasteiger partial charge in [0.2, 0.25) is 5.95 Å². The van der Waals surface area contributed by atoms with E-state index in [2.05, 4.69) is 20.8 Å². The number of allylic oxidation sites excluding steroid dienone is 1. The zero-order valence-corrected chi connectivity index (χ0v) is 15.6. The van der Waals surface area contributed by atoms with E-state index in [1.807, 2.05) is 6.92 Å². The lowest BCUT2D eigenvalue weighted by Crippen LogP contribution is -2.33. The number of hydrogen-bond acceptors (Lipinski definition) is 7. The SMILES string of the molecule is COC(=O)C1=C(C(=O)c2ccc(C)cc2)C(c2ccc(F)cc2)n2nnnc2N1. The van der Waals surface area contributed by atoms with Crippen LogP contribution in [0.3, 0.4) is 0 Å². The number of halogens is 1. The molecular formula is C20H16FN5O3. The molecule has 146 valence electrons. The molecule has 1 atom stereocenters. The molecule has 0 aliphatic carbocycles. The van der Waals surface area contributed by atoms with Gasteiger partial charge in [-0.1, -0.05) is 47.1 Å². The van der Waals surface area contributed by atoms with E-state index >= 15 is 0 Å². The van der Waals surface area contributed by atoms with Crippen LogP contribution in [0.2, 0.25) is 0 Å². The molecule has 0 saturated carbocycles. The number of nitrogens with one attached hydrogen (secondary N) is 1. The quantitative estimate of drug-likeness (QED) is 0.537. The van der Waals surface area contributed by atoms with Crippen LogP contribution in [-0.4, -0.2) is 39.1 Å². The Bertz CT molecular complexity index is 1120. The smallest absolute Gasteiger partial charge is 0.355 e. The van der Waals surface area contributed by atoms with Gasteiger partial charge in [-0.2, -0.15) is 4.68 Å². The normalized spacial score (nSPS) is 15.5. The van der Waals surface area contributed by atoms with E-state index < -0.39 is 23.6 Å². The van der Waals surface area contributed by atoms with Crippen LogP contribution in [0.4, 0.5) is 10.3 Å². The van der Waals surface area contributed by atoms with Crippen LogP contribution < -0.4 is 5.32 Å². The second-order valence-electron chi connectivity index (χ2n) is 6.50. The molecule has 1 aliphatic heterocycles. The van der Waals surface area contributed by atoms with Crippen LogP contribution in [0.5, 0.6) is 0 Å². The molecular weight excluding hydrogens is 377 g/mol. The summed E-state index contributed by atoms with van der Waals surface area (Å²) >= 11 is 0. The van der Waals surface area contributed by atoms with Crippen LogP contribution in [0, 0.1) is 12.7 Å². The molecule has 8 nitrogen and oxygen atoms in total. The molecule has 0 fully saturated rings.